The largest absolute Gasteiger partial charge is 0.428 e. The molecule has 0 spiro atoms. The highest BCUT2D eigenvalue weighted by molar-refractivity contribution is 6.30. The van der Waals surface area contributed by atoms with Crippen LogP contribution in [0.3, 0.4) is 0 Å². The Labute approximate surface area is 124 Å². The second kappa shape index (κ2) is 6.99. The van der Waals surface area contributed by atoms with E-state index in [1.165, 1.54) is 12.1 Å². The summed E-state index contributed by atoms with van der Waals surface area (Å²) in [7, 11) is 0. The van der Waals surface area contributed by atoms with Gasteiger partial charge in [-0.3, -0.25) is 0 Å². The van der Waals surface area contributed by atoms with Crippen LogP contribution in [0.5, 0.6) is 5.75 Å². The number of ether oxygens (including phenoxy) is 1. The Morgan fingerprint density at radius 1 is 0.810 bits per heavy atom. The van der Waals surface area contributed by atoms with Crippen molar-refractivity contribution < 1.29 is 17.9 Å². The first-order valence-corrected chi connectivity index (χ1v) is 6.35. The normalized spacial score (nSPS) is 10.7. The molecule has 2 aromatic carbocycles. The summed E-state index contributed by atoms with van der Waals surface area (Å²) in [5.41, 5.74) is 1.79. The number of halogens is 4. The second-order valence-electron chi connectivity index (χ2n) is 4.09. The van der Waals surface area contributed by atoms with Crippen molar-refractivity contribution >= 4 is 23.8 Å². The molecule has 1 nitrogen and oxygen atoms in total. The minimum atomic E-state index is -2.48. The summed E-state index contributed by atoms with van der Waals surface area (Å²) >= 11 is 5.78. The van der Waals surface area contributed by atoms with Gasteiger partial charge < -0.3 is 4.74 Å². The van der Waals surface area contributed by atoms with E-state index in [1.54, 1.807) is 24.3 Å². The highest BCUT2D eigenvalue weighted by Crippen LogP contribution is 2.20. The molecule has 0 fully saturated rings. The highest BCUT2D eigenvalue weighted by atomic mass is 35.5. The summed E-state index contributed by atoms with van der Waals surface area (Å²) in [5.74, 6) is 0.00365. The zero-order chi connectivity index (χ0) is 15.2. The third-order valence-corrected chi connectivity index (χ3v) is 2.83. The Kier molecular flexibility index (Phi) is 5.06. The molecule has 2 rings (SSSR count). The summed E-state index contributed by atoms with van der Waals surface area (Å²) in [6, 6.07) is 11.5. The van der Waals surface area contributed by atoms with Gasteiger partial charge in [-0.2, -0.15) is 13.2 Å². The maximum Gasteiger partial charge on any atom is 0.344 e. The fourth-order valence-corrected chi connectivity index (χ4v) is 1.68. The van der Waals surface area contributed by atoms with E-state index in [2.05, 4.69) is 4.74 Å². The number of hydrogen-bond acceptors (Lipinski definition) is 1. The number of hydrogen-bond donors (Lipinski definition) is 0. The predicted molar refractivity (Wildman–Crippen MR) is 77.8 cm³/mol. The van der Waals surface area contributed by atoms with Crippen LogP contribution in [0.15, 0.2) is 60.6 Å². The van der Waals surface area contributed by atoms with Crippen molar-refractivity contribution in [2.24, 2.45) is 0 Å². The number of benzene rings is 2. The van der Waals surface area contributed by atoms with E-state index in [-0.39, 0.29) is 5.75 Å². The van der Waals surface area contributed by atoms with Crippen LogP contribution in [-0.2, 0) is 0 Å². The highest BCUT2D eigenvalue weighted by Gasteiger charge is 2.07. The molecule has 2 aromatic rings. The Bertz CT molecular complexity index is 657. The quantitative estimate of drug-likeness (QED) is 0.503. The molecule has 0 aliphatic rings. The van der Waals surface area contributed by atoms with Gasteiger partial charge in [-0.1, -0.05) is 48.0 Å². The SMILES string of the molecule is FC(F)=C(F)Oc1ccc(C=Cc2ccc(Cl)cc2)cc1. The van der Waals surface area contributed by atoms with Crippen LogP contribution in [0, 0.1) is 0 Å². The van der Waals surface area contributed by atoms with Gasteiger partial charge in [0.15, 0.2) is 0 Å². The molecule has 0 aliphatic carbocycles. The summed E-state index contributed by atoms with van der Waals surface area (Å²) in [4.78, 5) is 0. The maximum atomic E-state index is 12.6. The summed E-state index contributed by atoms with van der Waals surface area (Å²) < 4.78 is 40.7. The lowest BCUT2D eigenvalue weighted by molar-refractivity contribution is 0.241. The van der Waals surface area contributed by atoms with Gasteiger partial charge in [-0.25, -0.2) is 0 Å². The smallest absolute Gasteiger partial charge is 0.344 e. The molecule has 5 heteroatoms. The molecule has 0 heterocycles. The molecule has 108 valence electrons. The van der Waals surface area contributed by atoms with Gasteiger partial charge in [0.25, 0.3) is 0 Å². The fourth-order valence-electron chi connectivity index (χ4n) is 1.56. The average Bonchev–Trinajstić information content (AvgIpc) is 2.48. The van der Waals surface area contributed by atoms with Crippen LogP contribution < -0.4 is 4.74 Å². The fraction of sp³-hybridized carbons (Fsp3) is 0. The van der Waals surface area contributed by atoms with Gasteiger partial charge in [0, 0.05) is 5.02 Å². The number of rotatable bonds is 4. The third-order valence-electron chi connectivity index (χ3n) is 2.57. The Hall–Kier alpha value is -2.20. The van der Waals surface area contributed by atoms with Gasteiger partial charge >= 0.3 is 12.1 Å². The Balaban J connectivity index is 2.05. The van der Waals surface area contributed by atoms with E-state index >= 15 is 0 Å². The lowest BCUT2D eigenvalue weighted by Gasteiger charge is -2.02. The predicted octanol–water partition coefficient (Wildman–Crippen LogP) is 5.92. The zero-order valence-electron chi connectivity index (χ0n) is 10.7. The molecule has 0 atom stereocenters. The molecule has 0 saturated carbocycles. The van der Waals surface area contributed by atoms with Crippen LogP contribution in [0.1, 0.15) is 11.1 Å². The first-order valence-electron chi connectivity index (χ1n) is 5.97. The topological polar surface area (TPSA) is 9.23 Å². The van der Waals surface area contributed by atoms with Gasteiger partial charge in [0.1, 0.15) is 5.75 Å². The molecule has 0 saturated heterocycles. The molecule has 0 aliphatic heterocycles. The summed E-state index contributed by atoms with van der Waals surface area (Å²) in [6.07, 6.45) is 1.21. The van der Waals surface area contributed by atoms with Crippen LogP contribution >= 0.6 is 11.6 Å². The maximum absolute atomic E-state index is 12.6. The molecular weight excluding hydrogens is 301 g/mol. The van der Waals surface area contributed by atoms with E-state index in [0.29, 0.717) is 5.02 Å². The third kappa shape index (κ3) is 4.68. The summed E-state index contributed by atoms with van der Waals surface area (Å²) in [6.45, 7) is 0. The van der Waals surface area contributed by atoms with E-state index in [4.69, 9.17) is 11.6 Å². The molecular formula is C16H10ClF3O. The molecule has 0 radical (unpaired) electrons. The lowest BCUT2D eigenvalue weighted by atomic mass is 10.1. The zero-order valence-corrected chi connectivity index (χ0v) is 11.4. The molecule has 0 amide bonds. The lowest BCUT2D eigenvalue weighted by Crippen LogP contribution is -1.90. The van der Waals surface area contributed by atoms with Crippen molar-refractivity contribution in [1.82, 2.24) is 0 Å². The van der Waals surface area contributed by atoms with Crippen molar-refractivity contribution in [1.29, 1.82) is 0 Å². The molecule has 0 N–H and O–H groups in total. The molecule has 0 unspecified atom stereocenters. The molecule has 21 heavy (non-hydrogen) atoms. The Morgan fingerprint density at radius 2 is 1.29 bits per heavy atom. The van der Waals surface area contributed by atoms with E-state index in [0.717, 1.165) is 11.1 Å². The van der Waals surface area contributed by atoms with Crippen LogP contribution in [0.4, 0.5) is 13.2 Å². The van der Waals surface area contributed by atoms with Crippen molar-refractivity contribution in [2.75, 3.05) is 0 Å². The van der Waals surface area contributed by atoms with Crippen LogP contribution in [0.25, 0.3) is 12.2 Å². The van der Waals surface area contributed by atoms with Gasteiger partial charge in [0.2, 0.25) is 0 Å². The van der Waals surface area contributed by atoms with Crippen molar-refractivity contribution in [2.45, 2.75) is 0 Å². The minimum absolute atomic E-state index is 0.00365. The monoisotopic (exact) mass is 310 g/mol. The standard InChI is InChI=1S/C16H10ClF3O/c17-13-7-3-11(4-8-13)1-2-12-5-9-14(10-6-12)21-16(20)15(18)19/h1-10H. The Morgan fingerprint density at radius 3 is 1.76 bits per heavy atom. The summed E-state index contributed by atoms with van der Waals surface area (Å²) in [5, 5.41) is 0.656. The second-order valence-corrected chi connectivity index (χ2v) is 4.53. The first kappa shape index (κ1) is 15.2. The van der Waals surface area contributed by atoms with Crippen LogP contribution in [-0.4, -0.2) is 0 Å². The van der Waals surface area contributed by atoms with Crippen LogP contribution in [0.2, 0.25) is 5.02 Å². The molecule has 0 aromatic heterocycles. The van der Waals surface area contributed by atoms with E-state index in [9.17, 15) is 13.2 Å². The minimum Gasteiger partial charge on any atom is -0.428 e. The van der Waals surface area contributed by atoms with Gasteiger partial charge in [-0.05, 0) is 35.4 Å². The van der Waals surface area contributed by atoms with Crippen molar-refractivity contribution in [3.63, 3.8) is 0 Å². The average molecular weight is 311 g/mol. The molecule has 0 bridgehead atoms. The first-order chi connectivity index (χ1) is 10.0. The van der Waals surface area contributed by atoms with Gasteiger partial charge in [0.05, 0.1) is 0 Å². The van der Waals surface area contributed by atoms with Crippen molar-refractivity contribution in [3.8, 4) is 5.75 Å². The van der Waals surface area contributed by atoms with Gasteiger partial charge in [-0.15, -0.1) is 0 Å². The van der Waals surface area contributed by atoms with E-state index < -0.39 is 12.1 Å². The van der Waals surface area contributed by atoms with E-state index in [1.807, 2.05) is 24.3 Å². The van der Waals surface area contributed by atoms with Crippen molar-refractivity contribution in [3.05, 3.63) is 76.8 Å².